The molecule has 0 bridgehead atoms. The van der Waals surface area contributed by atoms with E-state index in [4.69, 9.17) is 0 Å². The van der Waals surface area contributed by atoms with Crippen molar-refractivity contribution in [1.82, 2.24) is 20.2 Å². The quantitative estimate of drug-likeness (QED) is 0.247. The summed E-state index contributed by atoms with van der Waals surface area (Å²) in [6, 6.07) is 3.47. The number of fused-ring (bicyclic) bond motifs is 1. The summed E-state index contributed by atoms with van der Waals surface area (Å²) in [6.07, 6.45) is 2.82. The molecule has 0 spiro atoms. The van der Waals surface area contributed by atoms with Gasteiger partial charge in [0, 0.05) is 32.2 Å². The van der Waals surface area contributed by atoms with Crippen molar-refractivity contribution in [2.45, 2.75) is 96.9 Å². The molecule has 42 heavy (non-hydrogen) atoms. The highest BCUT2D eigenvalue weighted by molar-refractivity contribution is 5.89. The number of rotatable bonds is 9. The molecule has 2 atom stereocenters. The molecule has 4 rings (SSSR count). The molecule has 0 aromatic heterocycles. The minimum absolute atomic E-state index is 0.112. The molecule has 8 nitrogen and oxygen atoms in total. The predicted octanol–water partition coefficient (Wildman–Crippen LogP) is 4.63. The second-order valence-electron chi connectivity index (χ2n) is 13.4. The van der Waals surface area contributed by atoms with Gasteiger partial charge < -0.3 is 10.2 Å². The summed E-state index contributed by atoms with van der Waals surface area (Å²) in [5, 5.41) is 13.3. The van der Waals surface area contributed by atoms with Crippen molar-refractivity contribution < 1.29 is 32.8 Å². The van der Waals surface area contributed by atoms with Gasteiger partial charge in [0.05, 0.1) is 18.0 Å². The standard InChI is InChI=1S/C31H45F3N4O4/c1-30(2,3)27(35-28(40)24(19-38(42)20-39)16-21-6-4-5-7-21)29(41)36-14-11-26(12-15-36)37-13-10-22-17-25(31(32,33)34)9-8-23(22)18-37/h8-9,17,20-21,24,26-27,42H,4-7,10-16,18-19H2,1-3H3,(H,35,40)/t24-,27-/m1/s1. The van der Waals surface area contributed by atoms with Gasteiger partial charge in [-0.25, -0.2) is 5.06 Å². The Morgan fingerprint density at radius 2 is 1.74 bits per heavy atom. The van der Waals surface area contributed by atoms with Crippen molar-refractivity contribution in [2.24, 2.45) is 17.3 Å². The Bertz CT molecular complexity index is 1110. The number of nitrogens with zero attached hydrogens (tertiary/aromatic N) is 3. The van der Waals surface area contributed by atoms with Gasteiger partial charge >= 0.3 is 6.18 Å². The molecular weight excluding hydrogens is 549 g/mol. The molecule has 2 heterocycles. The minimum Gasteiger partial charge on any atom is -0.344 e. The Labute approximate surface area is 246 Å². The number of likely N-dealkylation sites (tertiary alicyclic amines) is 1. The third kappa shape index (κ3) is 8.03. The Balaban J connectivity index is 1.36. The van der Waals surface area contributed by atoms with Crippen LogP contribution < -0.4 is 5.32 Å². The third-order valence-electron chi connectivity index (χ3n) is 9.26. The number of hydrogen-bond acceptors (Lipinski definition) is 5. The van der Waals surface area contributed by atoms with Gasteiger partial charge in [0.25, 0.3) is 0 Å². The van der Waals surface area contributed by atoms with E-state index in [0.717, 1.165) is 55.7 Å². The molecule has 1 saturated heterocycles. The van der Waals surface area contributed by atoms with E-state index < -0.39 is 29.1 Å². The molecular formula is C31H45F3N4O4. The maximum absolute atomic E-state index is 13.8. The number of hydroxylamine groups is 2. The van der Waals surface area contributed by atoms with E-state index in [9.17, 15) is 32.8 Å². The van der Waals surface area contributed by atoms with Gasteiger partial charge in [0.15, 0.2) is 0 Å². The van der Waals surface area contributed by atoms with E-state index in [1.165, 1.54) is 6.07 Å². The van der Waals surface area contributed by atoms with Crippen molar-refractivity contribution in [3.63, 3.8) is 0 Å². The highest BCUT2D eigenvalue weighted by Crippen LogP contribution is 2.34. The largest absolute Gasteiger partial charge is 0.416 e. The van der Waals surface area contributed by atoms with Crippen LogP contribution in [0.2, 0.25) is 0 Å². The number of nitrogens with one attached hydrogen (secondary N) is 1. The average Bonchev–Trinajstić information content (AvgIpc) is 3.46. The van der Waals surface area contributed by atoms with Gasteiger partial charge in [0.1, 0.15) is 6.04 Å². The van der Waals surface area contributed by atoms with Crippen molar-refractivity contribution in [3.8, 4) is 0 Å². The second kappa shape index (κ2) is 13.3. The highest BCUT2D eigenvalue weighted by Gasteiger charge is 2.40. The van der Waals surface area contributed by atoms with E-state index >= 15 is 0 Å². The van der Waals surface area contributed by atoms with E-state index in [0.29, 0.717) is 56.4 Å². The molecule has 2 fully saturated rings. The first-order valence-corrected chi connectivity index (χ1v) is 15.2. The first-order valence-electron chi connectivity index (χ1n) is 15.2. The normalized spacial score (nSPS) is 20.6. The lowest BCUT2D eigenvalue weighted by molar-refractivity contribution is -0.156. The highest BCUT2D eigenvalue weighted by atomic mass is 19.4. The number of carbonyl (C=O) groups is 3. The molecule has 0 unspecified atom stereocenters. The zero-order valence-corrected chi connectivity index (χ0v) is 25.0. The van der Waals surface area contributed by atoms with Crippen LogP contribution in [-0.4, -0.2) is 76.6 Å². The van der Waals surface area contributed by atoms with E-state index in [1.807, 2.05) is 20.8 Å². The fourth-order valence-electron chi connectivity index (χ4n) is 6.79. The van der Waals surface area contributed by atoms with E-state index in [2.05, 4.69) is 10.2 Å². The molecule has 2 aliphatic heterocycles. The minimum atomic E-state index is -4.35. The lowest BCUT2D eigenvalue weighted by Gasteiger charge is -2.43. The topological polar surface area (TPSA) is 93.2 Å². The van der Waals surface area contributed by atoms with Gasteiger partial charge in [-0.3, -0.25) is 24.5 Å². The molecule has 1 aromatic carbocycles. The van der Waals surface area contributed by atoms with Gasteiger partial charge in [0.2, 0.25) is 18.2 Å². The molecule has 3 amide bonds. The average molecular weight is 595 g/mol. The van der Waals surface area contributed by atoms with Gasteiger partial charge in [-0.1, -0.05) is 52.5 Å². The molecule has 2 N–H and O–H groups in total. The third-order valence-corrected chi connectivity index (χ3v) is 9.26. The van der Waals surface area contributed by atoms with Crippen LogP contribution in [0.1, 0.15) is 82.4 Å². The Morgan fingerprint density at radius 1 is 1.07 bits per heavy atom. The summed E-state index contributed by atoms with van der Waals surface area (Å²) in [5.74, 6) is -0.724. The molecule has 3 aliphatic rings. The number of alkyl halides is 3. The van der Waals surface area contributed by atoms with Crippen molar-refractivity contribution in [2.75, 3.05) is 26.2 Å². The SMILES string of the molecule is CC(C)(C)[C@H](NC(=O)[C@H](CC1CCCC1)CN(O)C=O)C(=O)N1CCC(N2CCc3cc(C(F)(F)F)ccc3C2)CC1. The van der Waals surface area contributed by atoms with Gasteiger partial charge in [-0.15, -0.1) is 0 Å². The number of hydrogen-bond donors (Lipinski definition) is 2. The molecule has 0 radical (unpaired) electrons. The van der Waals surface area contributed by atoms with Crippen molar-refractivity contribution in [1.29, 1.82) is 0 Å². The number of carbonyl (C=O) groups excluding carboxylic acids is 3. The molecule has 234 valence electrons. The maximum Gasteiger partial charge on any atom is 0.416 e. The maximum atomic E-state index is 13.8. The van der Waals surface area contributed by atoms with Gasteiger partial charge in [-0.2, -0.15) is 13.2 Å². The summed E-state index contributed by atoms with van der Waals surface area (Å²) in [5.41, 5.74) is 0.508. The van der Waals surface area contributed by atoms with Crippen LogP contribution in [0, 0.1) is 17.3 Å². The second-order valence-corrected chi connectivity index (χ2v) is 13.4. The van der Waals surface area contributed by atoms with Crippen LogP contribution >= 0.6 is 0 Å². The number of benzene rings is 1. The Morgan fingerprint density at radius 3 is 2.33 bits per heavy atom. The molecule has 11 heteroatoms. The smallest absolute Gasteiger partial charge is 0.344 e. The number of amides is 3. The first-order chi connectivity index (χ1) is 19.8. The first kappa shape index (κ1) is 32.3. The van der Waals surface area contributed by atoms with Crippen molar-refractivity contribution >= 4 is 18.2 Å². The zero-order chi connectivity index (χ0) is 30.7. The van der Waals surface area contributed by atoms with Crippen LogP contribution in [0.4, 0.5) is 13.2 Å². The van der Waals surface area contributed by atoms with Crippen LogP contribution in [-0.2, 0) is 33.5 Å². The number of piperidine rings is 1. The Hall–Kier alpha value is -2.66. The summed E-state index contributed by atoms with van der Waals surface area (Å²) < 4.78 is 39.4. The monoisotopic (exact) mass is 594 g/mol. The van der Waals surface area contributed by atoms with Crippen LogP contribution in [0.15, 0.2) is 18.2 Å². The van der Waals surface area contributed by atoms with Crippen molar-refractivity contribution in [3.05, 3.63) is 34.9 Å². The number of halogens is 3. The van der Waals surface area contributed by atoms with E-state index in [1.54, 1.807) is 11.0 Å². The summed E-state index contributed by atoms with van der Waals surface area (Å²) >= 11 is 0. The summed E-state index contributed by atoms with van der Waals surface area (Å²) in [6.45, 7) is 7.96. The summed E-state index contributed by atoms with van der Waals surface area (Å²) in [4.78, 5) is 42.4. The van der Waals surface area contributed by atoms with E-state index in [-0.39, 0.29) is 24.4 Å². The van der Waals surface area contributed by atoms with Crippen LogP contribution in [0.5, 0.6) is 0 Å². The fourth-order valence-corrected chi connectivity index (χ4v) is 6.79. The summed E-state index contributed by atoms with van der Waals surface area (Å²) in [7, 11) is 0. The van der Waals surface area contributed by atoms with Crippen LogP contribution in [0.3, 0.4) is 0 Å². The molecule has 1 aromatic rings. The molecule has 1 aliphatic carbocycles. The predicted molar refractivity (Wildman–Crippen MR) is 151 cm³/mol. The zero-order valence-electron chi connectivity index (χ0n) is 25.0. The lowest BCUT2D eigenvalue weighted by Crippen LogP contribution is -2.58. The van der Waals surface area contributed by atoms with Gasteiger partial charge in [-0.05, 0) is 60.3 Å². The van der Waals surface area contributed by atoms with Crippen LogP contribution in [0.25, 0.3) is 0 Å². The lowest BCUT2D eigenvalue weighted by atomic mass is 9.84. The Kier molecular flexibility index (Phi) is 10.2. The molecule has 1 saturated carbocycles. The fraction of sp³-hybridized carbons (Fsp3) is 0.710.